The summed E-state index contributed by atoms with van der Waals surface area (Å²) in [5.41, 5.74) is 3.63. The highest BCUT2D eigenvalue weighted by molar-refractivity contribution is 5.91. The number of aryl methyl sites for hydroxylation is 1. The van der Waals surface area contributed by atoms with Crippen molar-refractivity contribution >= 4 is 22.7 Å². The van der Waals surface area contributed by atoms with Crippen LogP contribution in [0.4, 0.5) is 24.8 Å². The van der Waals surface area contributed by atoms with Gasteiger partial charge in [-0.2, -0.15) is 13.2 Å². The van der Waals surface area contributed by atoms with Crippen LogP contribution in [-0.2, 0) is 6.42 Å². The second-order valence-electron chi connectivity index (χ2n) is 6.43. The molecule has 0 fully saturated rings. The highest BCUT2D eigenvalue weighted by Crippen LogP contribution is 2.27. The number of nitrogens with zero attached hydrogens (tertiary/aromatic N) is 5. The van der Waals surface area contributed by atoms with E-state index in [1.807, 2.05) is 31.2 Å². The lowest BCUT2D eigenvalue weighted by Crippen LogP contribution is -2.12. The Kier molecular flexibility index (Phi) is 4.79. The standard InChI is InChI=1S/C20H15F3N6/c1-12-3-2-7-24-17(12)16-5-4-14-15(6-8-25-18(14)28-16)29-19-26-10-13(11-27-19)9-20(21,22)23/h2-8,10-11H,9H2,1H3,(H,25,26,27,28,29). The Morgan fingerprint density at radius 2 is 1.72 bits per heavy atom. The zero-order valence-electron chi connectivity index (χ0n) is 15.3. The molecular weight excluding hydrogens is 381 g/mol. The molecule has 0 amide bonds. The largest absolute Gasteiger partial charge is 0.393 e. The third-order valence-electron chi connectivity index (χ3n) is 4.21. The molecule has 4 rings (SSSR count). The number of anilines is 2. The lowest BCUT2D eigenvalue weighted by atomic mass is 10.1. The van der Waals surface area contributed by atoms with E-state index in [0.717, 1.165) is 29.0 Å². The fourth-order valence-corrected chi connectivity index (χ4v) is 2.89. The van der Waals surface area contributed by atoms with E-state index in [-0.39, 0.29) is 11.5 Å². The molecule has 4 aromatic rings. The van der Waals surface area contributed by atoms with Crippen molar-refractivity contribution in [1.29, 1.82) is 0 Å². The predicted octanol–water partition coefficient (Wildman–Crippen LogP) is 4.64. The van der Waals surface area contributed by atoms with Gasteiger partial charge in [0.2, 0.25) is 5.95 Å². The SMILES string of the molecule is Cc1cccnc1-c1ccc2c(Nc3ncc(CC(F)(F)F)cn3)ccnc2n1. The molecule has 0 radical (unpaired) electrons. The van der Waals surface area contributed by atoms with E-state index in [1.54, 1.807) is 18.5 Å². The minimum atomic E-state index is -4.30. The van der Waals surface area contributed by atoms with Gasteiger partial charge in [0.05, 0.1) is 23.5 Å². The summed E-state index contributed by atoms with van der Waals surface area (Å²) in [7, 11) is 0. The number of hydrogen-bond donors (Lipinski definition) is 1. The van der Waals surface area contributed by atoms with Crippen LogP contribution in [0.15, 0.2) is 55.1 Å². The number of alkyl halides is 3. The van der Waals surface area contributed by atoms with Gasteiger partial charge in [-0.3, -0.25) is 4.98 Å². The smallest absolute Gasteiger partial charge is 0.323 e. The monoisotopic (exact) mass is 396 g/mol. The van der Waals surface area contributed by atoms with Gasteiger partial charge < -0.3 is 5.32 Å². The lowest BCUT2D eigenvalue weighted by Gasteiger charge is -2.10. The minimum Gasteiger partial charge on any atom is -0.323 e. The summed E-state index contributed by atoms with van der Waals surface area (Å²) >= 11 is 0. The van der Waals surface area contributed by atoms with Gasteiger partial charge in [-0.25, -0.2) is 19.9 Å². The summed E-state index contributed by atoms with van der Waals surface area (Å²) in [5.74, 6) is 0.188. The summed E-state index contributed by atoms with van der Waals surface area (Å²) in [6, 6.07) is 9.25. The Balaban J connectivity index is 1.62. The lowest BCUT2D eigenvalue weighted by molar-refractivity contribution is -0.127. The van der Waals surface area contributed by atoms with E-state index >= 15 is 0 Å². The van der Waals surface area contributed by atoms with Crippen LogP contribution in [0, 0.1) is 6.92 Å². The van der Waals surface area contributed by atoms with Crippen LogP contribution < -0.4 is 5.32 Å². The molecule has 146 valence electrons. The van der Waals surface area contributed by atoms with Gasteiger partial charge in [0.15, 0.2) is 5.65 Å². The average Bonchev–Trinajstić information content (AvgIpc) is 2.68. The second-order valence-corrected chi connectivity index (χ2v) is 6.43. The number of hydrogen-bond acceptors (Lipinski definition) is 6. The van der Waals surface area contributed by atoms with Gasteiger partial charge in [0.1, 0.15) is 0 Å². The number of rotatable bonds is 4. The Hall–Kier alpha value is -3.62. The highest BCUT2D eigenvalue weighted by atomic mass is 19.4. The van der Waals surface area contributed by atoms with Gasteiger partial charge in [0, 0.05) is 30.2 Å². The normalized spacial score (nSPS) is 11.6. The topological polar surface area (TPSA) is 76.5 Å². The molecule has 6 nitrogen and oxygen atoms in total. The van der Waals surface area contributed by atoms with Crippen molar-refractivity contribution in [1.82, 2.24) is 24.9 Å². The van der Waals surface area contributed by atoms with Crippen LogP contribution in [0.25, 0.3) is 22.4 Å². The van der Waals surface area contributed by atoms with Crippen LogP contribution in [-0.4, -0.2) is 31.1 Å². The number of halogens is 3. The molecular formula is C20H15F3N6. The molecule has 0 aliphatic heterocycles. The van der Waals surface area contributed by atoms with Crippen molar-refractivity contribution in [2.45, 2.75) is 19.5 Å². The molecule has 29 heavy (non-hydrogen) atoms. The number of pyridine rings is 3. The molecule has 0 atom stereocenters. The van der Waals surface area contributed by atoms with Crippen molar-refractivity contribution in [3.05, 3.63) is 66.2 Å². The van der Waals surface area contributed by atoms with Crippen molar-refractivity contribution < 1.29 is 13.2 Å². The summed E-state index contributed by atoms with van der Waals surface area (Å²) < 4.78 is 37.4. The molecule has 4 aromatic heterocycles. The van der Waals surface area contributed by atoms with Crippen LogP contribution >= 0.6 is 0 Å². The minimum absolute atomic E-state index is 0.000300. The Morgan fingerprint density at radius 1 is 0.931 bits per heavy atom. The van der Waals surface area contributed by atoms with E-state index in [2.05, 4.69) is 30.2 Å². The zero-order valence-corrected chi connectivity index (χ0v) is 15.3. The average molecular weight is 396 g/mol. The number of nitrogens with one attached hydrogen (secondary N) is 1. The maximum absolute atomic E-state index is 12.5. The van der Waals surface area contributed by atoms with Crippen LogP contribution in [0.2, 0.25) is 0 Å². The molecule has 1 N–H and O–H groups in total. The molecule has 0 saturated heterocycles. The van der Waals surface area contributed by atoms with Crippen molar-refractivity contribution in [3.63, 3.8) is 0 Å². The van der Waals surface area contributed by atoms with Gasteiger partial charge in [-0.05, 0) is 42.3 Å². The van der Waals surface area contributed by atoms with Crippen LogP contribution in [0.5, 0.6) is 0 Å². The van der Waals surface area contributed by atoms with E-state index in [1.165, 1.54) is 0 Å². The fraction of sp³-hybridized carbons (Fsp3) is 0.150. The van der Waals surface area contributed by atoms with Crippen LogP contribution in [0.3, 0.4) is 0 Å². The molecule has 0 bridgehead atoms. The Bertz CT molecular complexity index is 1160. The van der Waals surface area contributed by atoms with Gasteiger partial charge in [-0.15, -0.1) is 0 Å². The first-order valence-corrected chi connectivity index (χ1v) is 8.71. The number of aromatic nitrogens is 5. The van der Waals surface area contributed by atoms with E-state index in [0.29, 0.717) is 17.0 Å². The van der Waals surface area contributed by atoms with Crippen molar-refractivity contribution in [2.75, 3.05) is 5.32 Å². The summed E-state index contributed by atoms with van der Waals surface area (Å²) in [5, 5.41) is 3.74. The second kappa shape index (κ2) is 7.42. The van der Waals surface area contributed by atoms with Gasteiger partial charge in [-0.1, -0.05) is 6.07 Å². The van der Waals surface area contributed by atoms with Crippen molar-refractivity contribution in [3.8, 4) is 11.4 Å². The predicted molar refractivity (Wildman–Crippen MR) is 103 cm³/mol. The van der Waals surface area contributed by atoms with E-state index in [9.17, 15) is 13.2 Å². The third kappa shape index (κ3) is 4.29. The van der Waals surface area contributed by atoms with E-state index < -0.39 is 12.6 Å². The molecule has 0 aliphatic rings. The maximum atomic E-state index is 12.5. The maximum Gasteiger partial charge on any atom is 0.393 e. The first kappa shape index (κ1) is 18.7. The Morgan fingerprint density at radius 3 is 2.45 bits per heavy atom. The third-order valence-corrected chi connectivity index (χ3v) is 4.21. The zero-order chi connectivity index (χ0) is 20.4. The molecule has 0 aliphatic carbocycles. The molecule has 0 saturated carbocycles. The highest BCUT2D eigenvalue weighted by Gasteiger charge is 2.27. The quantitative estimate of drug-likeness (QED) is 0.542. The van der Waals surface area contributed by atoms with E-state index in [4.69, 9.17) is 0 Å². The molecule has 0 unspecified atom stereocenters. The summed E-state index contributed by atoms with van der Waals surface area (Å²) in [6.45, 7) is 1.96. The summed E-state index contributed by atoms with van der Waals surface area (Å²) in [4.78, 5) is 21.2. The first-order chi connectivity index (χ1) is 13.9. The van der Waals surface area contributed by atoms with Crippen LogP contribution in [0.1, 0.15) is 11.1 Å². The van der Waals surface area contributed by atoms with Crippen molar-refractivity contribution in [2.24, 2.45) is 0 Å². The molecule has 4 heterocycles. The fourth-order valence-electron chi connectivity index (χ4n) is 2.89. The number of fused-ring (bicyclic) bond motifs is 1. The van der Waals surface area contributed by atoms with Gasteiger partial charge in [0.25, 0.3) is 0 Å². The first-order valence-electron chi connectivity index (χ1n) is 8.71. The van der Waals surface area contributed by atoms with Gasteiger partial charge >= 0.3 is 6.18 Å². The summed E-state index contributed by atoms with van der Waals surface area (Å²) in [6.07, 6.45) is 0.253. The molecule has 9 heteroatoms. The Labute approximate surface area is 163 Å². The molecule has 0 spiro atoms. The molecule has 0 aromatic carbocycles.